The van der Waals surface area contributed by atoms with Crippen LogP contribution in [0.1, 0.15) is 5.56 Å². The maximum absolute atomic E-state index is 4.11. The summed E-state index contributed by atoms with van der Waals surface area (Å²) in [4.78, 5) is 8.14. The molecule has 0 amide bonds. The Morgan fingerprint density at radius 3 is 3.07 bits per heavy atom. The average Bonchev–Trinajstić information content (AvgIpc) is 2.29. The van der Waals surface area contributed by atoms with Crippen LogP contribution < -0.4 is 5.32 Å². The highest BCUT2D eigenvalue weighted by atomic mass is 15.0. The lowest BCUT2D eigenvalue weighted by Gasteiger charge is -2.03. The van der Waals surface area contributed by atoms with Crippen molar-refractivity contribution in [3.05, 3.63) is 54.5 Å². The third-order valence-electron chi connectivity index (χ3n) is 1.81. The molecule has 0 fully saturated rings. The summed E-state index contributed by atoms with van der Waals surface area (Å²) < 4.78 is 0. The van der Waals surface area contributed by atoms with Crippen molar-refractivity contribution in [2.24, 2.45) is 0 Å². The molecule has 0 aliphatic rings. The molecular weight excluding hydrogens is 174 g/mol. The molecule has 0 saturated heterocycles. The van der Waals surface area contributed by atoms with Crippen molar-refractivity contribution in [3.8, 4) is 0 Å². The maximum Gasteiger partial charge on any atom is 0.126 e. The fraction of sp³-hybridized carbons (Fsp3) is 0.0909. The minimum atomic E-state index is 0.741. The lowest BCUT2D eigenvalue weighted by atomic mass is 10.3. The first-order valence-corrected chi connectivity index (χ1v) is 4.40. The molecule has 0 aliphatic carbocycles. The van der Waals surface area contributed by atoms with Crippen molar-refractivity contribution < 1.29 is 0 Å². The molecule has 2 heterocycles. The Morgan fingerprint density at radius 2 is 2.36 bits per heavy atom. The van der Waals surface area contributed by atoms with Crippen molar-refractivity contribution in [1.82, 2.24) is 9.97 Å². The van der Waals surface area contributed by atoms with E-state index in [9.17, 15) is 0 Å². The van der Waals surface area contributed by atoms with E-state index >= 15 is 0 Å². The largest absolute Gasteiger partial charge is 0.366 e. The van der Waals surface area contributed by atoms with Crippen molar-refractivity contribution in [2.45, 2.75) is 6.54 Å². The van der Waals surface area contributed by atoms with Crippen LogP contribution in [0.4, 0.5) is 5.82 Å². The predicted molar refractivity (Wildman–Crippen MR) is 54.6 cm³/mol. The van der Waals surface area contributed by atoms with Gasteiger partial charge in [-0.2, -0.15) is 0 Å². The first-order valence-electron chi connectivity index (χ1n) is 4.40. The minimum Gasteiger partial charge on any atom is -0.366 e. The standard InChI is InChI=1S/C11H10N3/c1-2-7-13-11(5-1)14-9-10-4-3-6-12-8-10/h1,3-8H,9H2,(H,13,14). The Morgan fingerprint density at radius 1 is 1.36 bits per heavy atom. The third-order valence-corrected chi connectivity index (χ3v) is 1.81. The van der Waals surface area contributed by atoms with Crippen molar-refractivity contribution in [3.63, 3.8) is 0 Å². The summed E-state index contributed by atoms with van der Waals surface area (Å²) in [6.45, 7) is 0.741. The highest BCUT2D eigenvalue weighted by Crippen LogP contribution is 2.03. The molecule has 0 atom stereocenters. The van der Waals surface area contributed by atoms with Crippen molar-refractivity contribution in [2.75, 3.05) is 5.32 Å². The second kappa shape index (κ2) is 4.37. The van der Waals surface area contributed by atoms with Crippen LogP contribution in [0, 0.1) is 6.07 Å². The average molecular weight is 184 g/mol. The molecule has 0 aliphatic heterocycles. The number of pyridine rings is 2. The van der Waals surface area contributed by atoms with E-state index in [1.165, 1.54) is 0 Å². The lowest BCUT2D eigenvalue weighted by molar-refractivity contribution is 1.09. The van der Waals surface area contributed by atoms with Crippen LogP contribution in [0.2, 0.25) is 0 Å². The number of nitrogens with zero attached hydrogens (tertiary/aromatic N) is 2. The van der Waals surface area contributed by atoms with Gasteiger partial charge in [-0.15, -0.1) is 0 Å². The molecule has 2 rings (SSSR count). The van der Waals surface area contributed by atoms with Crippen LogP contribution in [-0.2, 0) is 6.54 Å². The lowest BCUT2D eigenvalue weighted by Crippen LogP contribution is -2.00. The SMILES string of the molecule is [c]1ccc(NCc2cccnc2)nc1. The summed E-state index contributed by atoms with van der Waals surface area (Å²) >= 11 is 0. The summed E-state index contributed by atoms with van der Waals surface area (Å²) in [6.07, 6.45) is 5.24. The molecule has 2 aromatic heterocycles. The molecule has 0 bridgehead atoms. The minimum absolute atomic E-state index is 0.741. The van der Waals surface area contributed by atoms with E-state index in [-0.39, 0.29) is 0 Å². The third kappa shape index (κ3) is 2.29. The van der Waals surface area contributed by atoms with Crippen LogP contribution in [0.3, 0.4) is 0 Å². The number of aromatic nitrogens is 2. The van der Waals surface area contributed by atoms with Gasteiger partial charge in [0.05, 0.1) is 0 Å². The number of anilines is 1. The van der Waals surface area contributed by atoms with E-state index in [1.807, 2.05) is 30.5 Å². The number of hydrogen-bond acceptors (Lipinski definition) is 3. The molecular formula is C11H10N3. The predicted octanol–water partition coefficient (Wildman–Crippen LogP) is 1.89. The monoisotopic (exact) mass is 184 g/mol. The van der Waals surface area contributed by atoms with Gasteiger partial charge in [0.2, 0.25) is 0 Å². The van der Waals surface area contributed by atoms with Gasteiger partial charge < -0.3 is 5.32 Å². The van der Waals surface area contributed by atoms with Crippen LogP contribution in [0.15, 0.2) is 42.9 Å². The van der Waals surface area contributed by atoms with Gasteiger partial charge in [0, 0.05) is 31.2 Å². The summed E-state index contributed by atoms with van der Waals surface area (Å²) in [5.74, 6) is 0.854. The van der Waals surface area contributed by atoms with E-state index in [0.29, 0.717) is 0 Å². The Kier molecular flexibility index (Phi) is 2.71. The first kappa shape index (κ1) is 8.69. The summed E-state index contributed by atoms with van der Waals surface area (Å²) in [6, 6.07) is 10.5. The zero-order chi connectivity index (χ0) is 9.64. The molecule has 3 heteroatoms. The van der Waals surface area contributed by atoms with Gasteiger partial charge in [-0.1, -0.05) is 6.07 Å². The van der Waals surface area contributed by atoms with E-state index < -0.39 is 0 Å². The Labute approximate surface area is 82.8 Å². The first-order chi connectivity index (χ1) is 6.95. The van der Waals surface area contributed by atoms with Gasteiger partial charge in [0.25, 0.3) is 0 Å². The summed E-state index contributed by atoms with van der Waals surface area (Å²) in [5.41, 5.74) is 1.14. The Balaban J connectivity index is 1.96. The van der Waals surface area contributed by atoms with Gasteiger partial charge in [-0.3, -0.25) is 4.98 Å². The molecule has 2 aromatic rings. The molecule has 69 valence electrons. The summed E-state index contributed by atoms with van der Waals surface area (Å²) in [7, 11) is 0. The van der Waals surface area contributed by atoms with Crippen molar-refractivity contribution in [1.29, 1.82) is 0 Å². The van der Waals surface area contributed by atoms with E-state index in [1.54, 1.807) is 12.4 Å². The second-order valence-corrected chi connectivity index (χ2v) is 2.86. The van der Waals surface area contributed by atoms with Gasteiger partial charge in [-0.25, -0.2) is 4.98 Å². The van der Waals surface area contributed by atoms with Crippen LogP contribution in [0.25, 0.3) is 0 Å². The van der Waals surface area contributed by atoms with E-state index in [0.717, 1.165) is 17.9 Å². The molecule has 3 nitrogen and oxygen atoms in total. The highest BCUT2D eigenvalue weighted by Gasteiger charge is 1.92. The van der Waals surface area contributed by atoms with Gasteiger partial charge in [0.15, 0.2) is 0 Å². The maximum atomic E-state index is 4.11. The smallest absolute Gasteiger partial charge is 0.126 e. The highest BCUT2D eigenvalue weighted by molar-refractivity contribution is 5.33. The van der Waals surface area contributed by atoms with Crippen molar-refractivity contribution >= 4 is 5.82 Å². The number of rotatable bonds is 3. The zero-order valence-corrected chi connectivity index (χ0v) is 7.64. The topological polar surface area (TPSA) is 37.8 Å². The van der Waals surface area contributed by atoms with Gasteiger partial charge >= 0.3 is 0 Å². The van der Waals surface area contributed by atoms with Gasteiger partial charge in [-0.05, 0) is 23.8 Å². The normalized spacial score (nSPS) is 9.71. The molecule has 0 saturated carbocycles. The van der Waals surface area contributed by atoms with Crippen LogP contribution in [0.5, 0.6) is 0 Å². The number of nitrogens with one attached hydrogen (secondary N) is 1. The van der Waals surface area contributed by atoms with E-state index in [4.69, 9.17) is 0 Å². The van der Waals surface area contributed by atoms with Crippen LogP contribution >= 0.6 is 0 Å². The quantitative estimate of drug-likeness (QED) is 0.791. The second-order valence-electron chi connectivity index (χ2n) is 2.86. The molecule has 0 spiro atoms. The number of hydrogen-bond donors (Lipinski definition) is 1. The van der Waals surface area contributed by atoms with E-state index in [2.05, 4.69) is 21.4 Å². The zero-order valence-electron chi connectivity index (χ0n) is 7.64. The fourth-order valence-corrected chi connectivity index (χ4v) is 1.12. The molecule has 0 unspecified atom stereocenters. The summed E-state index contributed by atoms with van der Waals surface area (Å²) in [5, 5.41) is 3.19. The Hall–Kier alpha value is -1.90. The van der Waals surface area contributed by atoms with Crippen LogP contribution in [-0.4, -0.2) is 9.97 Å². The fourth-order valence-electron chi connectivity index (χ4n) is 1.12. The molecule has 14 heavy (non-hydrogen) atoms. The van der Waals surface area contributed by atoms with Gasteiger partial charge in [0.1, 0.15) is 5.82 Å². The molecule has 1 radical (unpaired) electrons. The molecule has 1 N–H and O–H groups in total. The molecule has 0 aromatic carbocycles. The Bertz CT molecular complexity index is 333.